The highest BCUT2D eigenvalue weighted by atomic mass is 79.9. The lowest BCUT2D eigenvalue weighted by atomic mass is 10.2. The van der Waals surface area contributed by atoms with Crippen molar-refractivity contribution in [2.45, 2.75) is 0 Å². The fourth-order valence-electron chi connectivity index (χ4n) is 1.58. The summed E-state index contributed by atoms with van der Waals surface area (Å²) in [5.41, 5.74) is 0.466. The van der Waals surface area contributed by atoms with E-state index in [1.54, 1.807) is 18.2 Å². The largest absolute Gasteiger partial charge is 0.506 e. The zero-order valence-corrected chi connectivity index (χ0v) is 15.5. The normalized spacial score (nSPS) is 10.5. The Morgan fingerprint density at radius 2 is 1.62 bits per heavy atom. The van der Waals surface area contributed by atoms with Crippen LogP contribution in [0.15, 0.2) is 33.2 Å². The number of phenols is 1. The van der Waals surface area contributed by atoms with E-state index in [2.05, 4.69) is 37.2 Å². The molecule has 0 aliphatic heterocycles. The van der Waals surface area contributed by atoms with Crippen LogP contribution >= 0.6 is 66.7 Å². The zero-order chi connectivity index (χ0) is 15.7. The van der Waals surface area contributed by atoms with Crippen molar-refractivity contribution in [3.63, 3.8) is 0 Å². The fourth-order valence-corrected chi connectivity index (χ4v) is 3.37. The standard InChI is InChI=1S/C13H6Br2Cl3NO2/c14-9-4-8(12(20)10(15)11(9)18)13(21)19-7-2-5(16)1-6(17)3-7/h1-4,20H,(H,19,21). The maximum Gasteiger partial charge on any atom is 0.259 e. The Labute approximate surface area is 152 Å². The Morgan fingerprint density at radius 1 is 1.05 bits per heavy atom. The molecule has 0 aromatic heterocycles. The summed E-state index contributed by atoms with van der Waals surface area (Å²) in [7, 11) is 0. The minimum atomic E-state index is -0.524. The molecule has 0 saturated heterocycles. The van der Waals surface area contributed by atoms with Gasteiger partial charge in [-0.05, 0) is 56.1 Å². The Balaban J connectivity index is 2.37. The second kappa shape index (κ2) is 6.75. The second-order valence-electron chi connectivity index (χ2n) is 3.99. The van der Waals surface area contributed by atoms with Crippen LogP contribution in [-0.4, -0.2) is 11.0 Å². The quantitative estimate of drug-likeness (QED) is 0.515. The molecular formula is C13H6Br2Cl3NO2. The van der Waals surface area contributed by atoms with Crippen molar-refractivity contribution in [1.29, 1.82) is 0 Å². The van der Waals surface area contributed by atoms with E-state index in [1.165, 1.54) is 6.07 Å². The molecule has 2 aromatic carbocycles. The van der Waals surface area contributed by atoms with Gasteiger partial charge in [-0.2, -0.15) is 0 Å². The number of carbonyl (C=O) groups is 1. The molecule has 0 radical (unpaired) electrons. The number of hydrogen-bond donors (Lipinski definition) is 2. The lowest BCUT2D eigenvalue weighted by Gasteiger charge is -2.11. The first-order valence-electron chi connectivity index (χ1n) is 5.43. The Morgan fingerprint density at radius 3 is 2.19 bits per heavy atom. The lowest BCUT2D eigenvalue weighted by molar-refractivity contribution is 0.102. The minimum Gasteiger partial charge on any atom is -0.506 e. The van der Waals surface area contributed by atoms with Crippen LogP contribution in [0.2, 0.25) is 15.1 Å². The highest BCUT2D eigenvalue weighted by molar-refractivity contribution is 9.11. The summed E-state index contributed by atoms with van der Waals surface area (Å²) in [6, 6.07) is 6.06. The SMILES string of the molecule is O=C(Nc1cc(Cl)cc(Cl)c1)c1cc(Br)c(Cl)c(Br)c1O. The van der Waals surface area contributed by atoms with E-state index in [1.807, 2.05) is 0 Å². The maximum absolute atomic E-state index is 12.2. The topological polar surface area (TPSA) is 49.3 Å². The minimum absolute atomic E-state index is 0.0502. The van der Waals surface area contributed by atoms with Crippen LogP contribution in [-0.2, 0) is 0 Å². The molecular weight excluding hydrogens is 468 g/mol. The predicted octanol–water partition coefficient (Wildman–Crippen LogP) is 6.13. The number of anilines is 1. The number of nitrogens with one attached hydrogen (secondary N) is 1. The predicted molar refractivity (Wildman–Crippen MR) is 92.9 cm³/mol. The second-order valence-corrected chi connectivity index (χ2v) is 6.89. The van der Waals surface area contributed by atoms with Gasteiger partial charge in [-0.1, -0.05) is 34.8 Å². The van der Waals surface area contributed by atoms with Gasteiger partial charge >= 0.3 is 0 Å². The Bertz CT molecular complexity index is 718. The van der Waals surface area contributed by atoms with Crippen LogP contribution < -0.4 is 5.32 Å². The van der Waals surface area contributed by atoms with E-state index in [-0.39, 0.29) is 20.8 Å². The van der Waals surface area contributed by atoms with Crippen LogP contribution in [0.25, 0.3) is 0 Å². The molecule has 0 heterocycles. The lowest BCUT2D eigenvalue weighted by Crippen LogP contribution is -2.12. The van der Waals surface area contributed by atoms with Gasteiger partial charge in [-0.25, -0.2) is 0 Å². The Hall–Kier alpha value is -0.460. The molecule has 0 atom stereocenters. The molecule has 1 amide bonds. The molecule has 0 spiro atoms. The van der Waals surface area contributed by atoms with Crippen LogP contribution in [0, 0.1) is 0 Å². The van der Waals surface area contributed by atoms with E-state index in [0.717, 1.165) is 0 Å². The maximum atomic E-state index is 12.2. The molecule has 0 bridgehead atoms. The molecule has 0 aliphatic rings. The van der Waals surface area contributed by atoms with Crippen molar-refractivity contribution in [1.82, 2.24) is 0 Å². The first kappa shape index (κ1) is 16.9. The van der Waals surface area contributed by atoms with Crippen molar-refractivity contribution < 1.29 is 9.90 Å². The molecule has 0 saturated carbocycles. The van der Waals surface area contributed by atoms with E-state index < -0.39 is 5.91 Å². The van der Waals surface area contributed by atoms with Gasteiger partial charge in [0.15, 0.2) is 0 Å². The van der Waals surface area contributed by atoms with Gasteiger partial charge < -0.3 is 10.4 Å². The number of rotatable bonds is 2. The molecule has 2 rings (SSSR count). The highest BCUT2D eigenvalue weighted by Crippen LogP contribution is 2.40. The average molecular weight is 474 g/mol. The smallest absolute Gasteiger partial charge is 0.259 e. The van der Waals surface area contributed by atoms with Gasteiger partial charge in [0.2, 0.25) is 0 Å². The van der Waals surface area contributed by atoms with Gasteiger partial charge in [-0.15, -0.1) is 0 Å². The summed E-state index contributed by atoms with van der Waals surface area (Å²) in [4.78, 5) is 12.2. The summed E-state index contributed by atoms with van der Waals surface area (Å²) in [5, 5.41) is 13.6. The summed E-state index contributed by atoms with van der Waals surface area (Å²) in [5.74, 6) is -0.780. The summed E-state index contributed by atoms with van der Waals surface area (Å²) in [6.07, 6.45) is 0. The number of hydrogen-bond acceptors (Lipinski definition) is 2. The van der Waals surface area contributed by atoms with Crippen molar-refractivity contribution in [2.75, 3.05) is 5.32 Å². The van der Waals surface area contributed by atoms with Gasteiger partial charge in [0, 0.05) is 20.2 Å². The molecule has 21 heavy (non-hydrogen) atoms. The summed E-state index contributed by atoms with van der Waals surface area (Å²) < 4.78 is 0.705. The number of benzene rings is 2. The van der Waals surface area contributed by atoms with Crippen LogP contribution in [0.3, 0.4) is 0 Å². The molecule has 8 heteroatoms. The average Bonchev–Trinajstić information content (AvgIpc) is 2.39. The number of carbonyl (C=O) groups excluding carboxylic acids is 1. The van der Waals surface area contributed by atoms with Gasteiger partial charge in [0.1, 0.15) is 5.75 Å². The number of halogens is 5. The van der Waals surface area contributed by atoms with Crippen LogP contribution in [0.4, 0.5) is 5.69 Å². The van der Waals surface area contributed by atoms with Crippen molar-refractivity contribution >= 4 is 78.3 Å². The number of phenolic OH excluding ortho intramolecular Hbond substituents is 1. The summed E-state index contributed by atoms with van der Waals surface area (Å²) in [6.45, 7) is 0. The number of amides is 1. The molecule has 2 aromatic rings. The van der Waals surface area contributed by atoms with Crippen molar-refractivity contribution in [3.05, 3.63) is 53.8 Å². The van der Waals surface area contributed by atoms with E-state index >= 15 is 0 Å². The highest BCUT2D eigenvalue weighted by Gasteiger charge is 2.19. The molecule has 0 aliphatic carbocycles. The molecule has 110 valence electrons. The third-order valence-electron chi connectivity index (χ3n) is 2.50. The number of aromatic hydroxyl groups is 1. The molecule has 2 N–H and O–H groups in total. The Kier molecular flexibility index (Phi) is 5.43. The van der Waals surface area contributed by atoms with E-state index in [0.29, 0.717) is 20.2 Å². The van der Waals surface area contributed by atoms with Crippen LogP contribution in [0.5, 0.6) is 5.75 Å². The van der Waals surface area contributed by atoms with Crippen LogP contribution in [0.1, 0.15) is 10.4 Å². The fraction of sp³-hybridized carbons (Fsp3) is 0. The molecule has 0 fully saturated rings. The van der Waals surface area contributed by atoms with E-state index in [4.69, 9.17) is 34.8 Å². The van der Waals surface area contributed by atoms with Crippen molar-refractivity contribution in [2.24, 2.45) is 0 Å². The van der Waals surface area contributed by atoms with Crippen molar-refractivity contribution in [3.8, 4) is 5.75 Å². The third-order valence-corrected chi connectivity index (χ3v) is 5.18. The first-order chi connectivity index (χ1) is 9.79. The summed E-state index contributed by atoms with van der Waals surface area (Å²) >= 11 is 24.0. The molecule has 3 nitrogen and oxygen atoms in total. The zero-order valence-electron chi connectivity index (χ0n) is 10.1. The third kappa shape index (κ3) is 3.85. The van der Waals surface area contributed by atoms with Gasteiger partial charge in [-0.3, -0.25) is 4.79 Å². The van der Waals surface area contributed by atoms with Gasteiger partial charge in [0.05, 0.1) is 15.1 Å². The van der Waals surface area contributed by atoms with E-state index in [9.17, 15) is 9.90 Å². The monoisotopic (exact) mass is 471 g/mol. The molecule has 0 unspecified atom stereocenters. The van der Waals surface area contributed by atoms with Gasteiger partial charge in [0.25, 0.3) is 5.91 Å². The first-order valence-corrected chi connectivity index (χ1v) is 8.15.